The van der Waals surface area contributed by atoms with Crippen LogP contribution in [-0.4, -0.2) is 13.3 Å². The van der Waals surface area contributed by atoms with Crippen LogP contribution in [-0.2, 0) is 0 Å². The van der Waals surface area contributed by atoms with Gasteiger partial charge < -0.3 is 0 Å². The van der Waals surface area contributed by atoms with Gasteiger partial charge in [-0.25, -0.2) is 0 Å². The Morgan fingerprint density at radius 1 is 1.07 bits per heavy atom. The van der Waals surface area contributed by atoms with E-state index < -0.39 is 13.3 Å². The van der Waals surface area contributed by atoms with Gasteiger partial charge in [0, 0.05) is 0 Å². The van der Waals surface area contributed by atoms with Crippen molar-refractivity contribution < 1.29 is 4.42 Å². The molecule has 0 amide bonds. The van der Waals surface area contributed by atoms with E-state index in [4.69, 9.17) is 4.42 Å². The molecule has 2 rings (SSSR count). The molecule has 0 aliphatic heterocycles. The average molecular weight is 249 g/mol. The number of benzene rings is 1. The molecule has 2 aromatic rings. The van der Waals surface area contributed by atoms with Crippen molar-refractivity contribution in [2.24, 2.45) is 0 Å². The molecule has 0 N–H and O–H groups in total. The first-order chi connectivity index (χ1) is 6.47. The molecule has 0 radical (unpaired) electrons. The fourth-order valence-corrected chi connectivity index (χ4v) is 4.04. The minimum absolute atomic E-state index is 0.999. The summed E-state index contributed by atoms with van der Waals surface area (Å²) in [5.41, 5.74) is 1.04. The number of aryl methyl sites for hydroxylation is 1. The van der Waals surface area contributed by atoms with E-state index in [0.717, 1.165) is 11.3 Å². The first-order valence-corrected chi connectivity index (χ1v) is 12.3. The van der Waals surface area contributed by atoms with Crippen molar-refractivity contribution in [2.75, 3.05) is 0 Å². The van der Waals surface area contributed by atoms with E-state index in [1.807, 2.05) is 6.92 Å². The van der Waals surface area contributed by atoms with Gasteiger partial charge >= 0.3 is 87.3 Å². The van der Waals surface area contributed by atoms with Crippen LogP contribution in [0.4, 0.5) is 0 Å². The molecule has 0 spiro atoms. The summed E-state index contributed by atoms with van der Waals surface area (Å²) in [6.07, 6.45) is 0. The maximum absolute atomic E-state index is 5.63. The van der Waals surface area contributed by atoms with Crippen LogP contribution in [0.25, 0.3) is 11.0 Å². The van der Waals surface area contributed by atoms with E-state index in [1.165, 1.54) is 9.78 Å². The monoisotopic (exact) mass is 250 g/mol. The maximum atomic E-state index is 5.63. The SMILES string of the molecule is Cc1cc2cc[c]([Ge]([CH3])([CH3])[CH3])cc2o1. The topological polar surface area (TPSA) is 13.1 Å². The molecule has 0 unspecified atom stereocenters. The van der Waals surface area contributed by atoms with E-state index in [1.54, 1.807) is 0 Å². The van der Waals surface area contributed by atoms with E-state index in [-0.39, 0.29) is 0 Å². The van der Waals surface area contributed by atoms with Gasteiger partial charge in [0.25, 0.3) is 0 Å². The Morgan fingerprint density at radius 2 is 1.79 bits per heavy atom. The number of fused-ring (bicyclic) bond motifs is 1. The molecule has 0 bridgehead atoms. The molecule has 0 aliphatic carbocycles. The van der Waals surface area contributed by atoms with Gasteiger partial charge in [-0.15, -0.1) is 0 Å². The average Bonchev–Trinajstić information content (AvgIpc) is 2.41. The van der Waals surface area contributed by atoms with E-state index >= 15 is 0 Å². The molecule has 0 saturated heterocycles. The van der Waals surface area contributed by atoms with Crippen LogP contribution in [0.3, 0.4) is 0 Å². The van der Waals surface area contributed by atoms with Crippen LogP contribution in [0.5, 0.6) is 0 Å². The zero-order valence-electron chi connectivity index (χ0n) is 9.22. The fraction of sp³-hybridized carbons (Fsp3) is 0.333. The third-order valence-electron chi connectivity index (χ3n) is 2.51. The predicted octanol–water partition coefficient (Wildman–Crippen LogP) is 3.29. The summed E-state index contributed by atoms with van der Waals surface area (Å²) in [4.78, 5) is 0. The number of furan rings is 1. The second-order valence-corrected chi connectivity index (χ2v) is 15.5. The quantitative estimate of drug-likeness (QED) is 0.706. The molecule has 0 saturated carbocycles. The Kier molecular flexibility index (Phi) is 2.22. The van der Waals surface area contributed by atoms with Crippen molar-refractivity contribution in [2.45, 2.75) is 24.2 Å². The standard InChI is InChI=1S/C12H16GeO/c1-9-7-10-5-6-11(13(2,3)4)8-12(10)14-9/h5-8H,1-4H3. The first kappa shape index (κ1) is 9.84. The first-order valence-electron chi connectivity index (χ1n) is 4.97. The summed E-state index contributed by atoms with van der Waals surface area (Å²) in [7, 11) is 0. The van der Waals surface area contributed by atoms with E-state index in [0.29, 0.717) is 0 Å². The molecule has 0 atom stereocenters. The third kappa shape index (κ3) is 1.73. The molecule has 0 fully saturated rings. The van der Waals surface area contributed by atoms with Crippen LogP contribution < -0.4 is 4.40 Å². The fourth-order valence-electron chi connectivity index (χ4n) is 1.63. The zero-order valence-corrected chi connectivity index (χ0v) is 11.3. The van der Waals surface area contributed by atoms with E-state index in [2.05, 4.69) is 41.5 Å². The Morgan fingerprint density at radius 3 is 2.43 bits per heavy atom. The molecule has 1 heterocycles. The van der Waals surface area contributed by atoms with Crippen LogP contribution >= 0.6 is 0 Å². The van der Waals surface area contributed by atoms with Crippen molar-refractivity contribution in [3.8, 4) is 0 Å². The van der Waals surface area contributed by atoms with Crippen LogP contribution in [0.1, 0.15) is 5.76 Å². The molecule has 0 aliphatic rings. The van der Waals surface area contributed by atoms with Gasteiger partial charge in [0.1, 0.15) is 0 Å². The van der Waals surface area contributed by atoms with Crippen molar-refractivity contribution in [1.82, 2.24) is 0 Å². The number of hydrogen-bond acceptors (Lipinski definition) is 1. The summed E-state index contributed by atoms with van der Waals surface area (Å²) in [6, 6.07) is 8.76. The Hall–Kier alpha value is -0.697. The Labute approximate surface area is 87.5 Å². The molecular formula is C12H16GeO. The van der Waals surface area contributed by atoms with Crippen molar-refractivity contribution in [3.05, 3.63) is 30.0 Å². The molecule has 2 heteroatoms. The summed E-state index contributed by atoms with van der Waals surface area (Å²) < 4.78 is 7.14. The predicted molar refractivity (Wildman–Crippen MR) is 63.9 cm³/mol. The summed E-state index contributed by atoms with van der Waals surface area (Å²) >= 11 is -1.69. The normalized spacial score (nSPS) is 12.3. The van der Waals surface area contributed by atoms with Crippen molar-refractivity contribution in [3.63, 3.8) is 0 Å². The third-order valence-corrected chi connectivity index (χ3v) is 6.80. The Balaban J connectivity index is 2.62. The van der Waals surface area contributed by atoms with E-state index in [9.17, 15) is 0 Å². The van der Waals surface area contributed by atoms with Crippen LogP contribution in [0.15, 0.2) is 28.7 Å². The van der Waals surface area contributed by atoms with Crippen molar-refractivity contribution >= 4 is 28.6 Å². The van der Waals surface area contributed by atoms with Gasteiger partial charge in [-0.05, 0) is 0 Å². The molecule has 1 nitrogen and oxygen atoms in total. The number of hydrogen-bond donors (Lipinski definition) is 0. The van der Waals surface area contributed by atoms with Crippen molar-refractivity contribution in [1.29, 1.82) is 0 Å². The van der Waals surface area contributed by atoms with Crippen LogP contribution in [0.2, 0.25) is 17.3 Å². The van der Waals surface area contributed by atoms with Gasteiger partial charge in [-0.1, -0.05) is 0 Å². The summed E-state index contributed by atoms with van der Waals surface area (Å²) in [6.45, 7) is 2.00. The summed E-state index contributed by atoms with van der Waals surface area (Å²) in [5.74, 6) is 8.20. The molecule has 1 aromatic carbocycles. The minimum atomic E-state index is -1.69. The summed E-state index contributed by atoms with van der Waals surface area (Å²) in [5, 5.41) is 1.22. The second-order valence-electron chi connectivity index (χ2n) is 4.86. The van der Waals surface area contributed by atoms with Crippen LogP contribution in [0, 0.1) is 6.92 Å². The molecule has 74 valence electrons. The van der Waals surface area contributed by atoms with Gasteiger partial charge in [0.15, 0.2) is 0 Å². The molecule has 1 aromatic heterocycles. The molecule has 14 heavy (non-hydrogen) atoms. The van der Waals surface area contributed by atoms with Gasteiger partial charge in [0.05, 0.1) is 0 Å². The number of rotatable bonds is 1. The van der Waals surface area contributed by atoms with Gasteiger partial charge in [-0.3, -0.25) is 0 Å². The van der Waals surface area contributed by atoms with Gasteiger partial charge in [-0.2, -0.15) is 0 Å². The Bertz CT molecular complexity index is 463. The molecular weight excluding hydrogens is 233 g/mol. The zero-order chi connectivity index (χ0) is 10.3. The van der Waals surface area contributed by atoms with Gasteiger partial charge in [0.2, 0.25) is 0 Å². The second kappa shape index (κ2) is 3.16.